The first kappa shape index (κ1) is 14.9. The molecule has 1 aromatic rings. The fourth-order valence-electron chi connectivity index (χ4n) is 1.85. The van der Waals surface area contributed by atoms with Gasteiger partial charge in [-0.3, -0.25) is 10.1 Å². The Morgan fingerprint density at radius 2 is 2.19 bits per heavy atom. The van der Waals surface area contributed by atoms with E-state index in [1.54, 1.807) is 6.21 Å². The molecule has 1 aliphatic heterocycles. The second-order valence-corrected chi connectivity index (χ2v) is 4.40. The van der Waals surface area contributed by atoms with Crippen LogP contribution < -0.4 is 5.73 Å². The van der Waals surface area contributed by atoms with Crippen molar-refractivity contribution in [3.05, 3.63) is 39.8 Å². The van der Waals surface area contributed by atoms with Gasteiger partial charge in [-0.1, -0.05) is 0 Å². The largest absolute Gasteiger partial charge is 0.433 e. The average Bonchev–Trinajstić information content (AvgIpc) is 2.96. The topological polar surface area (TPSA) is 110 Å². The summed E-state index contributed by atoms with van der Waals surface area (Å²) >= 11 is 0. The summed E-state index contributed by atoms with van der Waals surface area (Å²) in [6, 6.07) is 2.72. The van der Waals surface area contributed by atoms with Crippen LogP contribution in [0.25, 0.3) is 0 Å². The maximum atomic E-state index is 10.6. The molecule has 2 heterocycles. The van der Waals surface area contributed by atoms with E-state index >= 15 is 0 Å². The Kier molecular flexibility index (Phi) is 4.49. The van der Waals surface area contributed by atoms with Crippen LogP contribution in [-0.2, 0) is 0 Å². The summed E-state index contributed by atoms with van der Waals surface area (Å²) in [4.78, 5) is 20.4. The molecule has 0 radical (unpaired) electrons. The molecule has 1 aliphatic rings. The number of hydrogen-bond donors (Lipinski definition) is 1. The van der Waals surface area contributed by atoms with E-state index in [1.165, 1.54) is 12.1 Å². The van der Waals surface area contributed by atoms with E-state index in [4.69, 9.17) is 10.2 Å². The third-order valence-corrected chi connectivity index (χ3v) is 3.07. The molecule has 0 fully saturated rings. The lowest BCUT2D eigenvalue weighted by Gasteiger charge is -2.20. The Labute approximate surface area is 121 Å². The normalized spacial score (nSPS) is 19.7. The molecule has 0 saturated heterocycles. The smallest absolute Gasteiger partial charge is 0.397 e. The van der Waals surface area contributed by atoms with Gasteiger partial charge in [0.1, 0.15) is 11.1 Å². The number of nitrogens with zero attached hydrogens (tertiary/aromatic N) is 4. The molecule has 112 valence electrons. The molecule has 8 nitrogen and oxygen atoms in total. The van der Waals surface area contributed by atoms with Gasteiger partial charge in [-0.05, 0) is 19.9 Å². The predicted molar refractivity (Wildman–Crippen MR) is 79.4 cm³/mol. The van der Waals surface area contributed by atoms with Crippen LogP contribution in [0.4, 0.5) is 5.88 Å². The molecule has 0 aromatic carbocycles. The number of nitrogens with two attached hydrogens (primary N) is 1. The molecule has 2 rings (SSSR count). The zero-order chi connectivity index (χ0) is 15.4. The fourth-order valence-corrected chi connectivity index (χ4v) is 1.85. The maximum Gasteiger partial charge on any atom is 0.433 e. The van der Waals surface area contributed by atoms with Crippen LogP contribution in [0, 0.1) is 10.1 Å². The van der Waals surface area contributed by atoms with Crippen LogP contribution in [0.3, 0.4) is 0 Å². The van der Waals surface area contributed by atoms with Gasteiger partial charge in [0.05, 0.1) is 6.07 Å². The summed E-state index contributed by atoms with van der Waals surface area (Å²) in [5.41, 5.74) is 6.76. The molecule has 0 aliphatic carbocycles. The molecule has 1 unspecified atom stereocenters. The average molecular weight is 291 g/mol. The molecule has 1 aromatic heterocycles. The van der Waals surface area contributed by atoms with E-state index in [2.05, 4.69) is 14.9 Å². The van der Waals surface area contributed by atoms with E-state index in [0.29, 0.717) is 0 Å². The number of rotatable bonds is 5. The van der Waals surface area contributed by atoms with E-state index in [9.17, 15) is 10.1 Å². The first-order chi connectivity index (χ1) is 10.0. The van der Waals surface area contributed by atoms with Crippen LogP contribution in [0.2, 0.25) is 0 Å². The van der Waals surface area contributed by atoms with Crippen molar-refractivity contribution >= 4 is 17.9 Å². The van der Waals surface area contributed by atoms with Gasteiger partial charge in [0.2, 0.25) is 0 Å². The van der Waals surface area contributed by atoms with E-state index in [-0.39, 0.29) is 17.5 Å². The minimum atomic E-state index is -0.609. The summed E-state index contributed by atoms with van der Waals surface area (Å²) < 4.78 is 5.06. The highest BCUT2D eigenvalue weighted by atomic mass is 16.6. The van der Waals surface area contributed by atoms with Crippen molar-refractivity contribution in [3.63, 3.8) is 0 Å². The minimum absolute atomic E-state index is 0.232. The second-order valence-electron chi connectivity index (χ2n) is 4.40. The van der Waals surface area contributed by atoms with Crippen LogP contribution >= 0.6 is 0 Å². The maximum absolute atomic E-state index is 10.6. The second kappa shape index (κ2) is 6.31. The molecule has 0 saturated carbocycles. The van der Waals surface area contributed by atoms with Gasteiger partial charge in [0.15, 0.2) is 11.6 Å². The molecule has 0 amide bonds. The first-order valence-corrected chi connectivity index (χ1v) is 6.63. The highest BCUT2D eigenvalue weighted by Gasteiger charge is 2.20. The van der Waals surface area contributed by atoms with Crippen molar-refractivity contribution in [1.82, 2.24) is 4.90 Å². The van der Waals surface area contributed by atoms with E-state index < -0.39 is 11.1 Å². The Morgan fingerprint density at radius 3 is 2.71 bits per heavy atom. The van der Waals surface area contributed by atoms with Crippen LogP contribution in [0.5, 0.6) is 0 Å². The summed E-state index contributed by atoms with van der Waals surface area (Å²) in [7, 11) is 0. The van der Waals surface area contributed by atoms with Gasteiger partial charge in [0.25, 0.3) is 0 Å². The Morgan fingerprint density at radius 1 is 1.48 bits per heavy atom. The van der Waals surface area contributed by atoms with Gasteiger partial charge in [0, 0.05) is 31.1 Å². The predicted octanol–water partition coefficient (Wildman–Crippen LogP) is 1.53. The Bertz CT molecular complexity index is 613. The molecular weight excluding hydrogens is 274 g/mol. The molecule has 0 spiro atoms. The van der Waals surface area contributed by atoms with Crippen molar-refractivity contribution in [1.29, 1.82) is 0 Å². The van der Waals surface area contributed by atoms with Crippen LogP contribution in [-0.4, -0.2) is 41.1 Å². The number of aliphatic imine (C=N–C) groups is 2. The van der Waals surface area contributed by atoms with Gasteiger partial charge < -0.3 is 15.1 Å². The minimum Gasteiger partial charge on any atom is -0.397 e. The number of amidine groups is 1. The van der Waals surface area contributed by atoms with Gasteiger partial charge in [-0.25, -0.2) is 9.98 Å². The van der Waals surface area contributed by atoms with Crippen molar-refractivity contribution in [2.24, 2.45) is 15.7 Å². The lowest BCUT2D eigenvalue weighted by atomic mass is 10.2. The van der Waals surface area contributed by atoms with Gasteiger partial charge in [-0.2, -0.15) is 0 Å². The third kappa shape index (κ3) is 3.34. The highest BCUT2D eigenvalue weighted by molar-refractivity contribution is 6.05. The van der Waals surface area contributed by atoms with Gasteiger partial charge in [-0.15, -0.1) is 0 Å². The first-order valence-electron chi connectivity index (χ1n) is 6.63. The van der Waals surface area contributed by atoms with E-state index in [1.807, 2.05) is 20.0 Å². The zero-order valence-electron chi connectivity index (χ0n) is 11.9. The van der Waals surface area contributed by atoms with Crippen LogP contribution in [0.1, 0.15) is 19.6 Å². The highest BCUT2D eigenvalue weighted by Crippen LogP contribution is 2.19. The molecule has 8 heteroatoms. The van der Waals surface area contributed by atoms with E-state index in [0.717, 1.165) is 18.7 Å². The Balaban J connectivity index is 2.19. The lowest BCUT2D eigenvalue weighted by Crippen LogP contribution is -2.29. The molecule has 21 heavy (non-hydrogen) atoms. The molecule has 0 bridgehead atoms. The lowest BCUT2D eigenvalue weighted by molar-refractivity contribution is -0.402. The summed E-state index contributed by atoms with van der Waals surface area (Å²) in [5, 5.41) is 10.6. The quantitative estimate of drug-likeness (QED) is 0.653. The number of hydrogen-bond acceptors (Lipinski definition) is 7. The standard InChI is InChI=1S/C13H17N5O3/c1-3-17(4-2)8-9-7-15-13(16-12(9)14)10-5-6-11(21-10)18(19)20/h5-8,12H,3-4,14H2,1-2H3. The third-order valence-electron chi connectivity index (χ3n) is 3.07. The Hall–Kier alpha value is -2.48. The van der Waals surface area contributed by atoms with Crippen molar-refractivity contribution in [2.45, 2.75) is 20.0 Å². The van der Waals surface area contributed by atoms with Crippen molar-refractivity contribution in [3.8, 4) is 0 Å². The van der Waals surface area contributed by atoms with Crippen molar-refractivity contribution in [2.75, 3.05) is 13.1 Å². The van der Waals surface area contributed by atoms with Crippen LogP contribution in [0.15, 0.2) is 38.3 Å². The SMILES string of the molecule is CCN(C=C1C=NC(c2ccc([N+](=O)[O-])o2)=NC1N)CC. The zero-order valence-corrected chi connectivity index (χ0v) is 11.9. The summed E-state index contributed by atoms with van der Waals surface area (Å²) in [5.74, 6) is 0.142. The summed E-state index contributed by atoms with van der Waals surface area (Å²) in [6.45, 7) is 5.81. The number of furan rings is 1. The summed E-state index contributed by atoms with van der Waals surface area (Å²) in [6.07, 6.45) is 2.96. The molecule has 2 N–H and O–H groups in total. The van der Waals surface area contributed by atoms with Crippen molar-refractivity contribution < 1.29 is 9.34 Å². The number of nitro groups is 1. The monoisotopic (exact) mass is 291 g/mol. The fraction of sp³-hybridized carbons (Fsp3) is 0.385. The molecular formula is C13H17N5O3. The molecule has 1 atom stereocenters. The van der Waals surface area contributed by atoms with Gasteiger partial charge >= 0.3 is 5.88 Å².